The van der Waals surface area contributed by atoms with Crippen LogP contribution < -0.4 is 0 Å². The predicted octanol–water partition coefficient (Wildman–Crippen LogP) is 24.7. The lowest BCUT2D eigenvalue weighted by molar-refractivity contribution is 0.274. The fourth-order valence-corrected chi connectivity index (χ4v) is 10.3. The molecule has 1 heteroatoms. The molecule has 0 rings (SSSR count). The molecule has 0 spiro atoms. The molecule has 0 heterocycles. The van der Waals surface area contributed by atoms with Crippen LogP contribution in [0.1, 0.15) is 386 Å². The summed E-state index contributed by atoms with van der Waals surface area (Å²) in [5.41, 5.74) is 0. The van der Waals surface area contributed by atoms with Crippen LogP contribution in [-0.4, -0.2) is 0 Å². The smallest absolute Gasteiger partial charge is 0.0964 e. The van der Waals surface area contributed by atoms with E-state index in [-0.39, 0.29) is 0 Å². The molecular weight excluding hydrogens is 785 g/mol. The minimum absolute atomic E-state index is 0.935. The first kappa shape index (κ1) is 64.3. The second-order valence-electron chi connectivity index (χ2n) is 21.8. The molecule has 0 aromatic carbocycles. The Morgan fingerprint density at radius 3 is 0.415 bits per heavy atom. The molecule has 0 saturated heterocycles. The molecule has 0 bridgehead atoms. The van der Waals surface area contributed by atoms with E-state index in [1.165, 1.54) is 360 Å². The van der Waals surface area contributed by atoms with Gasteiger partial charge in [-0.1, -0.05) is 374 Å². The van der Waals surface area contributed by atoms with E-state index in [0.29, 0.717) is 0 Å². The first-order valence-corrected chi connectivity index (χ1v) is 31.2. The van der Waals surface area contributed by atoms with Crippen molar-refractivity contribution < 1.29 is 4.74 Å². The number of hydrogen-bond acceptors (Lipinski definition) is 1. The first-order valence-electron chi connectivity index (χ1n) is 31.2. The summed E-state index contributed by atoms with van der Waals surface area (Å²) >= 11 is 0. The lowest BCUT2D eigenvalue weighted by Crippen LogP contribution is -1.93. The van der Waals surface area contributed by atoms with Crippen molar-refractivity contribution in [1.29, 1.82) is 0 Å². The van der Waals surface area contributed by atoms with E-state index < -0.39 is 0 Å². The molecule has 0 saturated carbocycles. The molecule has 0 aliphatic rings. The van der Waals surface area contributed by atoms with Crippen LogP contribution in [0.3, 0.4) is 0 Å². The van der Waals surface area contributed by atoms with E-state index in [2.05, 4.69) is 27.0 Å². The van der Waals surface area contributed by atoms with E-state index in [1.807, 2.05) is 0 Å². The SMILES string of the molecule is C=C(CCCCCCCCCCCCCCCCCCCCCCCCCCCCCC)OC(=C)CCCCCCCCCCCCCCCCCCCCCCCCCCCCCC. The van der Waals surface area contributed by atoms with Gasteiger partial charge in [0, 0.05) is 12.8 Å². The van der Waals surface area contributed by atoms with E-state index in [0.717, 1.165) is 24.4 Å². The summed E-state index contributed by atoms with van der Waals surface area (Å²) in [7, 11) is 0. The minimum atomic E-state index is 0.935. The largest absolute Gasteiger partial charge is 0.467 e. The van der Waals surface area contributed by atoms with Gasteiger partial charge in [0.2, 0.25) is 0 Å². The fourth-order valence-electron chi connectivity index (χ4n) is 10.3. The number of allylic oxidation sites excluding steroid dienone is 2. The Kier molecular flexibility index (Phi) is 58.7. The number of ether oxygens (including phenoxy) is 1. The molecule has 65 heavy (non-hydrogen) atoms. The van der Waals surface area contributed by atoms with Gasteiger partial charge >= 0.3 is 0 Å². The maximum atomic E-state index is 5.98. The average molecular weight is 912 g/mol. The van der Waals surface area contributed by atoms with Crippen LogP contribution >= 0.6 is 0 Å². The molecular formula is C64H126O. The maximum absolute atomic E-state index is 5.98. The molecule has 0 N–H and O–H groups in total. The Morgan fingerprint density at radius 2 is 0.292 bits per heavy atom. The Morgan fingerprint density at radius 1 is 0.185 bits per heavy atom. The van der Waals surface area contributed by atoms with E-state index >= 15 is 0 Å². The molecule has 0 unspecified atom stereocenters. The summed E-state index contributed by atoms with van der Waals surface area (Å²) in [6.45, 7) is 13.0. The highest BCUT2D eigenvalue weighted by atomic mass is 16.5. The molecule has 1 nitrogen and oxygen atoms in total. The predicted molar refractivity (Wildman–Crippen MR) is 298 cm³/mol. The molecule has 0 atom stereocenters. The maximum Gasteiger partial charge on any atom is 0.0964 e. The van der Waals surface area contributed by atoms with E-state index in [1.54, 1.807) is 0 Å². The van der Waals surface area contributed by atoms with Crippen molar-refractivity contribution >= 4 is 0 Å². The normalized spacial score (nSPS) is 11.5. The molecule has 0 aromatic heterocycles. The second kappa shape index (κ2) is 59.4. The topological polar surface area (TPSA) is 9.23 Å². The van der Waals surface area contributed by atoms with Crippen molar-refractivity contribution in [3.05, 3.63) is 24.7 Å². The number of rotatable bonds is 60. The molecule has 0 aliphatic carbocycles. The lowest BCUT2D eigenvalue weighted by atomic mass is 10.0. The van der Waals surface area contributed by atoms with Crippen molar-refractivity contribution in [3.8, 4) is 0 Å². The molecule has 388 valence electrons. The van der Waals surface area contributed by atoms with Crippen LogP contribution in [0.5, 0.6) is 0 Å². The van der Waals surface area contributed by atoms with Crippen LogP contribution in [0.25, 0.3) is 0 Å². The van der Waals surface area contributed by atoms with E-state index in [9.17, 15) is 0 Å². The van der Waals surface area contributed by atoms with Gasteiger partial charge in [0.15, 0.2) is 0 Å². The Labute approximate surface area is 413 Å². The first-order chi connectivity index (χ1) is 32.2. The van der Waals surface area contributed by atoms with Crippen molar-refractivity contribution in [2.45, 2.75) is 386 Å². The highest BCUT2D eigenvalue weighted by Gasteiger charge is 2.03. The lowest BCUT2D eigenvalue weighted by Gasteiger charge is -2.11. The van der Waals surface area contributed by atoms with Crippen LogP contribution in [0.2, 0.25) is 0 Å². The van der Waals surface area contributed by atoms with Gasteiger partial charge in [-0.25, -0.2) is 0 Å². The highest BCUT2D eigenvalue weighted by Crippen LogP contribution is 2.21. The Hall–Kier alpha value is -0.720. The van der Waals surface area contributed by atoms with Gasteiger partial charge in [-0.05, 0) is 12.8 Å². The average Bonchev–Trinajstić information content (AvgIpc) is 3.30. The zero-order valence-electron chi connectivity index (χ0n) is 45.8. The zero-order valence-corrected chi connectivity index (χ0v) is 45.8. The van der Waals surface area contributed by atoms with Gasteiger partial charge < -0.3 is 4.74 Å². The Bertz CT molecular complexity index is 803. The standard InChI is InChI=1S/C64H126O/c1-5-7-9-11-13-15-17-19-21-23-25-27-29-31-33-35-37-39-41-43-45-47-49-51-53-55-57-59-61-63(3)65-64(4)62-60-58-56-54-52-50-48-46-44-42-40-38-36-34-32-30-28-26-24-22-20-18-16-14-12-10-8-6-2/h3-62H2,1-2H3. The van der Waals surface area contributed by atoms with Crippen LogP contribution in [0.15, 0.2) is 24.7 Å². The van der Waals surface area contributed by atoms with Gasteiger partial charge in [0.05, 0.1) is 11.5 Å². The third-order valence-corrected chi connectivity index (χ3v) is 14.9. The van der Waals surface area contributed by atoms with E-state index in [4.69, 9.17) is 4.74 Å². The van der Waals surface area contributed by atoms with Crippen LogP contribution in [-0.2, 0) is 4.74 Å². The fraction of sp³-hybridized carbons (Fsp3) is 0.938. The van der Waals surface area contributed by atoms with Crippen molar-refractivity contribution in [1.82, 2.24) is 0 Å². The second-order valence-corrected chi connectivity index (χ2v) is 21.8. The Balaban J connectivity index is 3.22. The van der Waals surface area contributed by atoms with Gasteiger partial charge in [0.25, 0.3) is 0 Å². The summed E-state index contributed by atoms with van der Waals surface area (Å²) < 4.78 is 5.98. The molecule has 0 amide bonds. The van der Waals surface area contributed by atoms with Crippen molar-refractivity contribution in [2.24, 2.45) is 0 Å². The summed E-state index contributed by atoms with van der Waals surface area (Å²) in [6, 6.07) is 0. The van der Waals surface area contributed by atoms with Crippen LogP contribution in [0, 0.1) is 0 Å². The number of hydrogen-bond donors (Lipinski definition) is 0. The quantitative estimate of drug-likeness (QED) is 0.0436. The van der Waals surface area contributed by atoms with Crippen molar-refractivity contribution in [2.75, 3.05) is 0 Å². The molecule has 0 aliphatic heterocycles. The summed E-state index contributed by atoms with van der Waals surface area (Å²) in [5, 5.41) is 0. The molecule has 0 radical (unpaired) electrons. The monoisotopic (exact) mass is 911 g/mol. The van der Waals surface area contributed by atoms with Gasteiger partial charge in [-0.15, -0.1) is 0 Å². The summed E-state index contributed by atoms with van der Waals surface area (Å²) in [5.74, 6) is 1.87. The summed E-state index contributed by atoms with van der Waals surface area (Å²) in [6.07, 6.45) is 83.0. The minimum Gasteiger partial charge on any atom is -0.467 e. The van der Waals surface area contributed by atoms with Gasteiger partial charge in [0.1, 0.15) is 0 Å². The zero-order chi connectivity index (χ0) is 46.9. The third-order valence-electron chi connectivity index (χ3n) is 14.9. The highest BCUT2D eigenvalue weighted by molar-refractivity contribution is 4.93. The van der Waals surface area contributed by atoms with Gasteiger partial charge in [-0.3, -0.25) is 0 Å². The number of unbranched alkanes of at least 4 members (excludes halogenated alkanes) is 54. The molecule has 0 fully saturated rings. The summed E-state index contributed by atoms with van der Waals surface area (Å²) in [4.78, 5) is 0. The van der Waals surface area contributed by atoms with Crippen molar-refractivity contribution in [3.63, 3.8) is 0 Å². The third kappa shape index (κ3) is 59.3. The van der Waals surface area contributed by atoms with Gasteiger partial charge in [-0.2, -0.15) is 0 Å². The van der Waals surface area contributed by atoms with Crippen LogP contribution in [0.4, 0.5) is 0 Å². The molecule has 0 aromatic rings.